The first-order chi connectivity index (χ1) is 8.00. The lowest BCUT2D eigenvalue weighted by atomic mass is 10.4. The van der Waals surface area contributed by atoms with Gasteiger partial charge in [0.25, 0.3) is 11.8 Å². The van der Waals surface area contributed by atoms with Gasteiger partial charge in [-0.3, -0.25) is 9.59 Å². The molecule has 0 radical (unpaired) electrons. The summed E-state index contributed by atoms with van der Waals surface area (Å²) in [6.45, 7) is 0. The molecule has 17 heavy (non-hydrogen) atoms. The summed E-state index contributed by atoms with van der Waals surface area (Å²) in [5.41, 5.74) is -0.214. The van der Waals surface area contributed by atoms with Gasteiger partial charge in [0.2, 0.25) is 0 Å². The van der Waals surface area contributed by atoms with Crippen molar-refractivity contribution in [3.63, 3.8) is 0 Å². The first-order valence-electron chi connectivity index (χ1n) is 4.39. The molecule has 0 aromatic carbocycles. The minimum absolute atomic E-state index is 0.0255. The Balaban J connectivity index is 2.15. The summed E-state index contributed by atoms with van der Waals surface area (Å²) in [4.78, 5) is 38.6. The topological polar surface area (TPSA) is 76.6 Å². The van der Waals surface area contributed by atoms with Crippen LogP contribution in [0.3, 0.4) is 0 Å². The van der Waals surface area contributed by atoms with E-state index in [0.29, 0.717) is 5.06 Å². The van der Waals surface area contributed by atoms with E-state index < -0.39 is 17.8 Å². The summed E-state index contributed by atoms with van der Waals surface area (Å²) in [5, 5.41) is 0.368. The van der Waals surface area contributed by atoms with Crippen LogP contribution in [0.5, 0.6) is 0 Å². The van der Waals surface area contributed by atoms with E-state index in [-0.39, 0.29) is 27.9 Å². The number of hydrogen-bond acceptors (Lipinski definition) is 6. The quantitative estimate of drug-likeness (QED) is 0.776. The van der Waals surface area contributed by atoms with Crippen molar-refractivity contribution in [2.75, 3.05) is 0 Å². The van der Waals surface area contributed by atoms with Gasteiger partial charge in [0, 0.05) is 12.8 Å². The standard InChI is InChI=1S/C8H4Cl2N2O4S/c9-5-6(11-17-7(5)10)8(15)16-12-3(13)1-2-4(12)14/h1-2H2. The molecule has 1 saturated heterocycles. The van der Waals surface area contributed by atoms with Crippen molar-refractivity contribution >= 4 is 52.5 Å². The van der Waals surface area contributed by atoms with Crippen LogP contribution in [0.2, 0.25) is 9.36 Å². The Morgan fingerprint density at radius 2 is 1.88 bits per heavy atom. The van der Waals surface area contributed by atoms with Gasteiger partial charge in [-0.1, -0.05) is 23.2 Å². The first-order valence-corrected chi connectivity index (χ1v) is 5.92. The van der Waals surface area contributed by atoms with Gasteiger partial charge in [-0.2, -0.15) is 4.37 Å². The van der Waals surface area contributed by atoms with E-state index in [9.17, 15) is 14.4 Å². The number of imide groups is 1. The Labute approximate surface area is 109 Å². The summed E-state index contributed by atoms with van der Waals surface area (Å²) in [5.74, 6) is -2.12. The Morgan fingerprint density at radius 1 is 1.29 bits per heavy atom. The summed E-state index contributed by atoms with van der Waals surface area (Å²) in [6, 6.07) is 0. The molecule has 0 spiro atoms. The second-order valence-electron chi connectivity index (χ2n) is 3.08. The molecule has 0 bridgehead atoms. The van der Waals surface area contributed by atoms with Crippen LogP contribution in [0.1, 0.15) is 23.3 Å². The van der Waals surface area contributed by atoms with Crippen molar-refractivity contribution in [2.24, 2.45) is 0 Å². The molecule has 0 unspecified atom stereocenters. The smallest absolute Gasteiger partial charge is 0.323 e. The molecule has 90 valence electrons. The molecule has 2 rings (SSSR count). The summed E-state index contributed by atoms with van der Waals surface area (Å²) >= 11 is 12.1. The number of halogens is 2. The first kappa shape index (κ1) is 12.3. The molecule has 1 fully saturated rings. The molecule has 2 amide bonds. The molecule has 1 aliphatic heterocycles. The second-order valence-corrected chi connectivity index (χ2v) is 4.83. The Morgan fingerprint density at radius 3 is 2.35 bits per heavy atom. The van der Waals surface area contributed by atoms with Crippen LogP contribution in [-0.4, -0.2) is 27.2 Å². The van der Waals surface area contributed by atoms with Crippen LogP contribution in [0.25, 0.3) is 0 Å². The summed E-state index contributed by atoms with van der Waals surface area (Å²) in [7, 11) is 0. The van der Waals surface area contributed by atoms with Crippen molar-refractivity contribution in [3.8, 4) is 0 Å². The zero-order valence-corrected chi connectivity index (χ0v) is 10.4. The van der Waals surface area contributed by atoms with Crippen LogP contribution in [0, 0.1) is 0 Å². The maximum absolute atomic E-state index is 11.6. The third-order valence-electron chi connectivity index (χ3n) is 1.97. The maximum Gasteiger partial charge on any atom is 0.384 e. The fraction of sp³-hybridized carbons (Fsp3) is 0.250. The molecule has 2 heterocycles. The highest BCUT2D eigenvalue weighted by Crippen LogP contribution is 2.30. The van der Waals surface area contributed by atoms with Crippen LogP contribution < -0.4 is 0 Å². The van der Waals surface area contributed by atoms with E-state index in [1.807, 2.05) is 0 Å². The van der Waals surface area contributed by atoms with Crippen molar-refractivity contribution in [1.82, 2.24) is 9.44 Å². The highest BCUT2D eigenvalue weighted by molar-refractivity contribution is 7.11. The number of aromatic nitrogens is 1. The molecule has 6 nitrogen and oxygen atoms in total. The predicted octanol–water partition coefficient (Wildman–Crippen LogP) is 1.67. The number of nitrogens with zero attached hydrogens (tertiary/aromatic N) is 2. The number of hydroxylamine groups is 2. The monoisotopic (exact) mass is 294 g/mol. The normalized spacial score (nSPS) is 15.5. The number of carbonyl (C=O) groups is 3. The van der Waals surface area contributed by atoms with Crippen molar-refractivity contribution in [1.29, 1.82) is 0 Å². The second kappa shape index (κ2) is 4.59. The van der Waals surface area contributed by atoms with Gasteiger partial charge >= 0.3 is 5.97 Å². The van der Waals surface area contributed by atoms with E-state index in [4.69, 9.17) is 23.2 Å². The fourth-order valence-electron chi connectivity index (χ4n) is 1.17. The van der Waals surface area contributed by atoms with Crippen molar-refractivity contribution in [2.45, 2.75) is 12.8 Å². The van der Waals surface area contributed by atoms with Crippen LogP contribution in [-0.2, 0) is 14.4 Å². The largest absolute Gasteiger partial charge is 0.384 e. The number of rotatable bonds is 2. The van der Waals surface area contributed by atoms with E-state index in [1.54, 1.807) is 0 Å². The van der Waals surface area contributed by atoms with Crippen LogP contribution >= 0.6 is 34.7 Å². The summed E-state index contributed by atoms with van der Waals surface area (Å²) < 4.78 is 3.80. The van der Waals surface area contributed by atoms with E-state index >= 15 is 0 Å². The Bertz CT molecular complexity index is 500. The predicted molar refractivity (Wildman–Crippen MR) is 58.6 cm³/mol. The lowest BCUT2D eigenvalue weighted by Gasteiger charge is -2.11. The lowest BCUT2D eigenvalue weighted by Crippen LogP contribution is -2.32. The van der Waals surface area contributed by atoms with Gasteiger partial charge in [-0.25, -0.2) is 4.79 Å². The van der Waals surface area contributed by atoms with E-state index in [2.05, 4.69) is 9.21 Å². The number of carbonyl (C=O) groups excluding carboxylic acids is 3. The molecule has 0 saturated carbocycles. The zero-order chi connectivity index (χ0) is 12.6. The van der Waals surface area contributed by atoms with Crippen molar-refractivity contribution < 1.29 is 19.2 Å². The van der Waals surface area contributed by atoms with Gasteiger partial charge in [0.05, 0.1) is 0 Å². The molecule has 0 aliphatic carbocycles. The highest BCUT2D eigenvalue weighted by Gasteiger charge is 2.34. The third-order valence-corrected chi connectivity index (χ3v) is 3.58. The van der Waals surface area contributed by atoms with E-state index in [0.717, 1.165) is 11.5 Å². The van der Waals surface area contributed by atoms with E-state index in [1.165, 1.54) is 0 Å². The summed E-state index contributed by atoms with van der Waals surface area (Å²) in [6.07, 6.45) is 0.0509. The lowest BCUT2D eigenvalue weighted by molar-refractivity contribution is -0.172. The molecular formula is C8H4Cl2N2O4S. The third kappa shape index (κ3) is 2.26. The average Bonchev–Trinajstić information content (AvgIpc) is 2.77. The zero-order valence-electron chi connectivity index (χ0n) is 8.11. The molecule has 1 aliphatic rings. The van der Waals surface area contributed by atoms with Gasteiger partial charge in [-0.05, 0) is 11.5 Å². The highest BCUT2D eigenvalue weighted by atomic mass is 35.5. The van der Waals surface area contributed by atoms with Crippen LogP contribution in [0.4, 0.5) is 0 Å². The minimum atomic E-state index is -0.984. The Hall–Kier alpha value is -1.18. The van der Waals surface area contributed by atoms with Gasteiger partial charge in [0.1, 0.15) is 9.36 Å². The average molecular weight is 295 g/mol. The number of amides is 2. The molecule has 0 N–H and O–H groups in total. The van der Waals surface area contributed by atoms with Crippen molar-refractivity contribution in [3.05, 3.63) is 15.1 Å². The molecule has 1 aromatic rings. The Kier molecular flexibility index (Phi) is 3.32. The molecule has 1 aromatic heterocycles. The van der Waals surface area contributed by atoms with Gasteiger partial charge in [-0.15, -0.1) is 5.06 Å². The SMILES string of the molecule is O=C(ON1C(=O)CCC1=O)c1nsc(Cl)c1Cl. The number of hydrogen-bond donors (Lipinski definition) is 0. The molecular weight excluding hydrogens is 291 g/mol. The minimum Gasteiger partial charge on any atom is -0.323 e. The fourth-order valence-corrected chi connectivity index (χ4v) is 2.15. The van der Waals surface area contributed by atoms with Gasteiger partial charge in [0.15, 0.2) is 5.69 Å². The van der Waals surface area contributed by atoms with Gasteiger partial charge < -0.3 is 4.84 Å². The molecule has 0 atom stereocenters. The maximum atomic E-state index is 11.6. The van der Waals surface area contributed by atoms with Crippen LogP contribution in [0.15, 0.2) is 0 Å². The molecule has 9 heteroatoms.